The summed E-state index contributed by atoms with van der Waals surface area (Å²) in [5, 5.41) is 7.64. The van der Waals surface area contributed by atoms with Crippen LogP contribution in [0, 0.1) is 6.92 Å². The molecular weight excluding hydrogens is 324 g/mol. The van der Waals surface area contributed by atoms with Crippen LogP contribution in [0.25, 0.3) is 22.3 Å². The Bertz CT molecular complexity index is 1110. The van der Waals surface area contributed by atoms with Crippen LogP contribution in [0.4, 0.5) is 0 Å². The van der Waals surface area contributed by atoms with E-state index in [4.69, 9.17) is 0 Å². The molecule has 0 atom stereocenters. The van der Waals surface area contributed by atoms with Crippen LogP contribution in [0.1, 0.15) is 5.56 Å². The monoisotopic (exact) mass is 338 g/mol. The van der Waals surface area contributed by atoms with Gasteiger partial charge in [0.2, 0.25) is 0 Å². The smallest absolute Gasteiger partial charge is 0.269 e. The fraction of sp³-hybridized carbons (Fsp3) is 0.0588. The molecule has 3 heterocycles. The Morgan fingerprint density at radius 2 is 1.88 bits per heavy atom. The number of aromatic nitrogens is 4. The molecule has 1 N–H and O–H groups in total. The number of hydrogen-bond donors (Lipinski definition) is 1. The molecule has 24 heavy (non-hydrogen) atoms. The highest BCUT2D eigenvalue weighted by atomic mass is 32.2. The van der Waals surface area contributed by atoms with E-state index in [-0.39, 0.29) is 4.90 Å². The number of aromatic amines is 1. The van der Waals surface area contributed by atoms with Crippen molar-refractivity contribution in [1.82, 2.24) is 19.2 Å². The van der Waals surface area contributed by atoms with E-state index in [1.807, 2.05) is 13.0 Å². The molecule has 0 aliphatic carbocycles. The van der Waals surface area contributed by atoms with E-state index in [0.717, 1.165) is 16.5 Å². The molecule has 0 bridgehead atoms. The number of benzene rings is 1. The van der Waals surface area contributed by atoms with Gasteiger partial charge in [-0.15, -0.1) is 0 Å². The molecule has 4 aromatic rings. The number of fused-ring (bicyclic) bond motifs is 1. The van der Waals surface area contributed by atoms with Gasteiger partial charge in [-0.1, -0.05) is 17.7 Å². The van der Waals surface area contributed by atoms with E-state index in [9.17, 15) is 8.42 Å². The van der Waals surface area contributed by atoms with Crippen LogP contribution in [0.15, 0.2) is 66.0 Å². The van der Waals surface area contributed by atoms with Gasteiger partial charge in [0, 0.05) is 29.5 Å². The third-order valence-electron chi connectivity index (χ3n) is 3.89. The first-order chi connectivity index (χ1) is 11.6. The van der Waals surface area contributed by atoms with Crippen LogP contribution in [0.2, 0.25) is 0 Å². The predicted molar refractivity (Wildman–Crippen MR) is 91.1 cm³/mol. The first-order valence-electron chi connectivity index (χ1n) is 7.36. The van der Waals surface area contributed by atoms with Crippen LogP contribution in [0.5, 0.6) is 0 Å². The average Bonchev–Trinajstić information content (AvgIpc) is 3.23. The van der Waals surface area contributed by atoms with E-state index in [2.05, 4.69) is 15.2 Å². The Kier molecular flexibility index (Phi) is 3.24. The summed E-state index contributed by atoms with van der Waals surface area (Å²) >= 11 is 0. The van der Waals surface area contributed by atoms with Crippen molar-refractivity contribution in [3.63, 3.8) is 0 Å². The van der Waals surface area contributed by atoms with Crippen molar-refractivity contribution in [3.05, 3.63) is 66.6 Å². The molecule has 4 rings (SSSR count). The summed E-state index contributed by atoms with van der Waals surface area (Å²) in [6, 6.07) is 12.2. The van der Waals surface area contributed by atoms with E-state index >= 15 is 0 Å². The van der Waals surface area contributed by atoms with Crippen molar-refractivity contribution in [2.75, 3.05) is 0 Å². The topological polar surface area (TPSA) is 80.6 Å². The molecule has 0 aliphatic heterocycles. The fourth-order valence-corrected chi connectivity index (χ4v) is 3.98. The number of H-pyrrole nitrogens is 1. The van der Waals surface area contributed by atoms with Crippen LogP contribution >= 0.6 is 0 Å². The SMILES string of the molecule is Cc1ccc(S(=O)(=O)n2cc(-c3cc[nH]n3)c3cccnc32)cc1. The largest absolute Gasteiger partial charge is 0.285 e. The third kappa shape index (κ3) is 2.21. The standard InChI is InChI=1S/C17H14N4O2S/c1-12-4-6-13(7-5-12)24(22,23)21-11-15(16-8-10-19-20-16)14-3-2-9-18-17(14)21/h2-11H,1H3,(H,19,20). The molecule has 0 saturated carbocycles. The Labute approximate surface area is 138 Å². The summed E-state index contributed by atoms with van der Waals surface area (Å²) < 4.78 is 27.3. The first kappa shape index (κ1) is 14.6. The third-order valence-corrected chi connectivity index (χ3v) is 5.55. The lowest BCUT2D eigenvalue weighted by Gasteiger charge is -2.07. The summed E-state index contributed by atoms with van der Waals surface area (Å²) in [5.41, 5.74) is 2.78. The number of nitrogens with one attached hydrogen (secondary N) is 1. The molecule has 0 spiro atoms. The molecule has 3 aromatic heterocycles. The van der Waals surface area contributed by atoms with Gasteiger partial charge < -0.3 is 0 Å². The molecule has 0 fully saturated rings. The second-order valence-corrected chi connectivity index (χ2v) is 7.31. The fourth-order valence-electron chi connectivity index (χ4n) is 2.65. The summed E-state index contributed by atoms with van der Waals surface area (Å²) in [6.45, 7) is 1.92. The molecule has 0 amide bonds. The maximum atomic E-state index is 13.0. The van der Waals surface area contributed by atoms with Gasteiger partial charge in [-0.2, -0.15) is 5.10 Å². The lowest BCUT2D eigenvalue weighted by atomic mass is 10.2. The van der Waals surface area contributed by atoms with Crippen molar-refractivity contribution in [2.45, 2.75) is 11.8 Å². The molecular formula is C17H14N4O2S. The van der Waals surface area contributed by atoms with Gasteiger partial charge in [0.1, 0.15) is 0 Å². The molecule has 0 aliphatic rings. The summed E-state index contributed by atoms with van der Waals surface area (Å²) in [4.78, 5) is 4.49. The molecule has 120 valence electrons. The van der Waals surface area contributed by atoms with Crippen LogP contribution < -0.4 is 0 Å². The van der Waals surface area contributed by atoms with Crippen molar-refractivity contribution in [2.24, 2.45) is 0 Å². The van der Waals surface area contributed by atoms with E-state index in [0.29, 0.717) is 11.3 Å². The maximum absolute atomic E-state index is 13.0. The Morgan fingerprint density at radius 3 is 2.58 bits per heavy atom. The number of rotatable bonds is 3. The Balaban J connectivity index is 1.99. The van der Waals surface area contributed by atoms with Gasteiger partial charge in [0.05, 0.1) is 10.6 Å². The van der Waals surface area contributed by atoms with Gasteiger partial charge in [-0.3, -0.25) is 5.10 Å². The van der Waals surface area contributed by atoms with Crippen molar-refractivity contribution >= 4 is 21.1 Å². The van der Waals surface area contributed by atoms with Gasteiger partial charge in [0.25, 0.3) is 10.0 Å². The number of aryl methyl sites for hydroxylation is 1. The van der Waals surface area contributed by atoms with Crippen LogP contribution in [0.3, 0.4) is 0 Å². The predicted octanol–water partition coefficient (Wildman–Crippen LogP) is 2.97. The molecule has 1 aromatic carbocycles. The minimum atomic E-state index is -3.74. The summed E-state index contributed by atoms with van der Waals surface area (Å²) in [5.74, 6) is 0. The molecule has 0 radical (unpaired) electrons. The lowest BCUT2D eigenvalue weighted by Crippen LogP contribution is -2.12. The van der Waals surface area contributed by atoms with Gasteiger partial charge in [-0.05, 0) is 37.3 Å². The highest BCUT2D eigenvalue weighted by molar-refractivity contribution is 7.90. The van der Waals surface area contributed by atoms with E-state index in [1.165, 1.54) is 3.97 Å². The minimum Gasteiger partial charge on any atom is -0.285 e. The Morgan fingerprint density at radius 1 is 1.08 bits per heavy atom. The highest BCUT2D eigenvalue weighted by Crippen LogP contribution is 2.30. The quantitative estimate of drug-likeness (QED) is 0.623. The first-order valence-corrected chi connectivity index (χ1v) is 8.80. The normalized spacial score (nSPS) is 11.9. The second-order valence-electron chi connectivity index (χ2n) is 5.49. The number of hydrogen-bond acceptors (Lipinski definition) is 4. The zero-order chi connectivity index (χ0) is 16.7. The van der Waals surface area contributed by atoms with Crippen molar-refractivity contribution in [1.29, 1.82) is 0 Å². The highest BCUT2D eigenvalue weighted by Gasteiger charge is 2.23. The van der Waals surface area contributed by atoms with Gasteiger partial charge in [-0.25, -0.2) is 17.4 Å². The number of pyridine rings is 1. The second kappa shape index (κ2) is 5.31. The summed E-state index contributed by atoms with van der Waals surface area (Å²) in [7, 11) is -3.74. The van der Waals surface area contributed by atoms with Crippen LogP contribution in [-0.4, -0.2) is 27.6 Å². The minimum absolute atomic E-state index is 0.226. The van der Waals surface area contributed by atoms with Gasteiger partial charge in [0.15, 0.2) is 5.65 Å². The lowest BCUT2D eigenvalue weighted by molar-refractivity contribution is 0.589. The van der Waals surface area contributed by atoms with E-state index in [1.54, 1.807) is 55.0 Å². The summed E-state index contributed by atoms with van der Waals surface area (Å²) in [6.07, 6.45) is 4.85. The molecule has 7 heteroatoms. The zero-order valence-electron chi connectivity index (χ0n) is 12.8. The molecule has 0 saturated heterocycles. The maximum Gasteiger partial charge on any atom is 0.269 e. The molecule has 6 nitrogen and oxygen atoms in total. The average molecular weight is 338 g/mol. The number of nitrogens with zero attached hydrogens (tertiary/aromatic N) is 3. The van der Waals surface area contributed by atoms with Crippen molar-refractivity contribution in [3.8, 4) is 11.3 Å². The van der Waals surface area contributed by atoms with E-state index < -0.39 is 10.0 Å². The van der Waals surface area contributed by atoms with Crippen LogP contribution in [-0.2, 0) is 10.0 Å². The molecule has 0 unspecified atom stereocenters. The van der Waals surface area contributed by atoms with Gasteiger partial charge >= 0.3 is 0 Å². The van der Waals surface area contributed by atoms with Crippen molar-refractivity contribution < 1.29 is 8.42 Å². The Hall–Kier alpha value is -2.93. The zero-order valence-corrected chi connectivity index (χ0v) is 13.7.